The molecule has 13 amide bonds. The second-order valence-electron chi connectivity index (χ2n) is 17.6. The number of urea groups is 1. The van der Waals surface area contributed by atoms with Crippen LogP contribution in [0.25, 0.3) is 0 Å². The van der Waals surface area contributed by atoms with Crippen LogP contribution in [0.4, 0.5) is 4.79 Å². The van der Waals surface area contributed by atoms with Gasteiger partial charge in [0.2, 0.25) is 65.0 Å². The Bertz CT molecular complexity index is 2130. The first-order valence-electron chi connectivity index (χ1n) is 23.1. The van der Waals surface area contributed by atoms with Gasteiger partial charge in [0.1, 0.15) is 48.0 Å². The molecule has 1 aliphatic rings. The van der Waals surface area contributed by atoms with Gasteiger partial charge < -0.3 is 70.2 Å². The third kappa shape index (κ3) is 20.6. The number of nitrogens with two attached hydrogens (primary N) is 4. The first-order chi connectivity index (χ1) is 33.8. The summed E-state index contributed by atoms with van der Waals surface area (Å²) in [5.74, 6) is -11.0. The van der Waals surface area contributed by atoms with Crippen molar-refractivity contribution in [2.45, 2.75) is 127 Å². The van der Waals surface area contributed by atoms with Gasteiger partial charge in [0.25, 0.3) is 0 Å². The van der Waals surface area contributed by atoms with Gasteiger partial charge in [0, 0.05) is 30.9 Å². The van der Waals surface area contributed by atoms with E-state index < -0.39 is 151 Å². The Kier molecular flexibility index (Phi) is 25.8. The average molecular weight is 1050 g/mol. The molecule has 1 fully saturated rings. The molecule has 8 unspecified atom stereocenters. The summed E-state index contributed by atoms with van der Waals surface area (Å²) >= 11 is 8.28. The lowest BCUT2D eigenvalue weighted by atomic mass is 9.96. The zero-order valence-electron chi connectivity index (χ0n) is 40.6. The SMILES string of the molecule is CCC(C)C(NC(=O)C(Cc1ccc(O)cc1)NC(=O)C(N)CS)C(=O)NC(CCC(N)=O)C(=O)NC(CC(N)=O)C(=O)NC(CS)C(=O)N1CCC[C@H]1C(=O)NC(CC(C)C)C(=O)NCC(=O)NC(N)=O. The minimum Gasteiger partial charge on any atom is -0.508 e. The number of primary amides is 3. The summed E-state index contributed by atoms with van der Waals surface area (Å²) in [6, 6.07) is -6.25. The highest BCUT2D eigenvalue weighted by atomic mass is 32.1. The molecule has 1 saturated heterocycles. The number of hydrogen-bond donors (Lipinski definition) is 15. The third-order valence-corrected chi connectivity index (χ3v) is 12.1. The van der Waals surface area contributed by atoms with Crippen molar-refractivity contribution in [3.05, 3.63) is 29.8 Å². The quantitative estimate of drug-likeness (QED) is 0.0337. The number of likely N-dealkylation sites (tertiary alicyclic amines) is 1. The third-order valence-electron chi connectivity index (χ3n) is 11.3. The zero-order valence-corrected chi connectivity index (χ0v) is 42.4. The number of phenolic OH excluding ortho intramolecular Hbond substituents is 1. The van der Waals surface area contributed by atoms with Crippen molar-refractivity contribution in [3.63, 3.8) is 0 Å². The molecule has 1 heterocycles. The predicted octanol–water partition coefficient (Wildman–Crippen LogP) is -4.43. The van der Waals surface area contributed by atoms with Gasteiger partial charge in [-0.25, -0.2) is 4.79 Å². The molecule has 1 aromatic carbocycles. The van der Waals surface area contributed by atoms with E-state index in [0.717, 1.165) is 0 Å². The Morgan fingerprint density at radius 3 is 1.85 bits per heavy atom. The van der Waals surface area contributed by atoms with E-state index in [1.165, 1.54) is 29.2 Å². The van der Waals surface area contributed by atoms with Gasteiger partial charge >= 0.3 is 6.03 Å². The number of rotatable bonds is 29. The number of nitrogens with zero attached hydrogens (tertiary/aromatic N) is 1. The fraction of sp³-hybridized carbons (Fsp3) is 0.591. The second kappa shape index (κ2) is 30.3. The van der Waals surface area contributed by atoms with Crippen LogP contribution in [0.2, 0.25) is 0 Å². The topological polar surface area (TPSA) is 429 Å². The monoisotopic (exact) mass is 1050 g/mol. The van der Waals surface area contributed by atoms with E-state index in [4.69, 9.17) is 22.9 Å². The molecule has 2 rings (SSSR count). The van der Waals surface area contributed by atoms with E-state index >= 15 is 0 Å². The van der Waals surface area contributed by atoms with Crippen LogP contribution >= 0.6 is 25.3 Å². The standard InChI is InChI=1S/C44H69N13O13S2/c1-5-22(4)35(56-40(66)28(51-36(62)25(45)19-71)16-23-8-10-24(58)11-9-23)42(68)50-26(12-13-32(46)59)38(64)52-29(17-33(47)60)39(65)54-30(20-72)43(69)57-14-6-7-31(57)41(67)53-27(15-21(2)3)37(63)49-18-34(61)55-44(48)70/h8-11,21-22,25-31,35,58,71-72H,5-7,12-20,45H2,1-4H3,(H2,46,59)(H2,47,60)(H,49,63)(H,50,68)(H,51,62)(H,52,64)(H,53,67)(H,54,65)(H,56,66)(H3,48,55,61,70)/t22?,25?,26?,27?,28?,29?,30?,31-,35?/m0/s1. The summed E-state index contributed by atoms with van der Waals surface area (Å²) in [6.07, 6.45) is -0.887. The largest absolute Gasteiger partial charge is 0.508 e. The van der Waals surface area contributed by atoms with Crippen LogP contribution in [-0.2, 0) is 59.2 Å². The zero-order chi connectivity index (χ0) is 54.4. The number of benzene rings is 1. The predicted molar refractivity (Wildman–Crippen MR) is 266 cm³/mol. The first-order valence-corrected chi connectivity index (χ1v) is 24.4. The highest BCUT2D eigenvalue weighted by Crippen LogP contribution is 2.20. The van der Waals surface area contributed by atoms with Crippen molar-refractivity contribution in [3.8, 4) is 5.75 Å². The number of carbonyl (C=O) groups excluding carboxylic acids is 12. The summed E-state index contributed by atoms with van der Waals surface area (Å²) in [4.78, 5) is 158. The number of carbonyl (C=O) groups is 12. The molecule has 26 nitrogen and oxygen atoms in total. The van der Waals surface area contributed by atoms with Crippen molar-refractivity contribution in [1.29, 1.82) is 0 Å². The number of thiol groups is 2. The smallest absolute Gasteiger partial charge is 0.318 e. The Hall–Kier alpha value is -6.68. The lowest BCUT2D eigenvalue weighted by molar-refractivity contribution is -0.142. The minimum atomic E-state index is -1.78. The van der Waals surface area contributed by atoms with Gasteiger partial charge in [-0.1, -0.05) is 46.2 Å². The summed E-state index contributed by atoms with van der Waals surface area (Å²) < 4.78 is 0. The Morgan fingerprint density at radius 1 is 0.708 bits per heavy atom. The maximum atomic E-state index is 14.1. The van der Waals surface area contributed by atoms with Crippen LogP contribution < -0.4 is 65.5 Å². The fourth-order valence-electron chi connectivity index (χ4n) is 7.30. The summed E-state index contributed by atoms with van der Waals surface area (Å²) in [5, 5.41) is 28.9. The van der Waals surface area contributed by atoms with Gasteiger partial charge in [-0.2, -0.15) is 25.3 Å². The van der Waals surface area contributed by atoms with Gasteiger partial charge in [0.15, 0.2) is 0 Å². The molecule has 0 radical (unpaired) electrons. The van der Waals surface area contributed by atoms with Crippen molar-refractivity contribution in [2.24, 2.45) is 34.8 Å². The van der Waals surface area contributed by atoms with Crippen LogP contribution in [0.3, 0.4) is 0 Å². The van der Waals surface area contributed by atoms with Crippen molar-refractivity contribution < 1.29 is 62.6 Å². The van der Waals surface area contributed by atoms with E-state index in [1.54, 1.807) is 33.0 Å². The minimum absolute atomic E-state index is 0.0458. The maximum absolute atomic E-state index is 14.1. The van der Waals surface area contributed by atoms with Gasteiger partial charge in [-0.05, 0) is 55.2 Å². The second-order valence-corrected chi connectivity index (χ2v) is 18.4. The molecular weight excluding hydrogens is 983 g/mol. The summed E-state index contributed by atoms with van der Waals surface area (Å²) in [6.45, 7) is 6.33. The first kappa shape index (κ1) is 61.4. The molecule has 1 aliphatic heterocycles. The van der Waals surface area contributed by atoms with Crippen molar-refractivity contribution in [2.75, 3.05) is 24.6 Å². The molecule has 0 aliphatic carbocycles. The molecule has 0 saturated carbocycles. The average Bonchev–Trinajstić information content (AvgIpc) is 3.82. The highest BCUT2D eigenvalue weighted by molar-refractivity contribution is 7.80. The summed E-state index contributed by atoms with van der Waals surface area (Å²) in [7, 11) is 0. The molecule has 0 bridgehead atoms. The summed E-state index contributed by atoms with van der Waals surface area (Å²) in [5.41, 5.74) is 22.2. The Morgan fingerprint density at radius 2 is 1.29 bits per heavy atom. The van der Waals surface area contributed by atoms with Crippen LogP contribution in [-0.4, -0.2) is 154 Å². The molecule has 0 spiro atoms. The van der Waals surface area contributed by atoms with Gasteiger partial charge in [-0.3, -0.25) is 58.1 Å². The number of amides is 13. The van der Waals surface area contributed by atoms with Crippen molar-refractivity contribution in [1.82, 2.24) is 47.4 Å². The normalized spacial score (nSPS) is 16.4. The van der Waals surface area contributed by atoms with E-state index in [1.807, 2.05) is 0 Å². The van der Waals surface area contributed by atoms with Crippen LogP contribution in [0, 0.1) is 11.8 Å². The number of imide groups is 1. The lowest BCUT2D eigenvalue weighted by Crippen LogP contribution is -2.61. The molecular formula is C44H69N13O13S2. The van der Waals surface area contributed by atoms with E-state index in [0.29, 0.717) is 18.4 Å². The maximum Gasteiger partial charge on any atom is 0.318 e. The van der Waals surface area contributed by atoms with Crippen LogP contribution in [0.15, 0.2) is 24.3 Å². The van der Waals surface area contributed by atoms with Crippen molar-refractivity contribution >= 4 is 96.3 Å². The number of phenols is 1. The number of aromatic hydroxyl groups is 1. The molecule has 400 valence electrons. The molecule has 0 aromatic heterocycles. The highest BCUT2D eigenvalue weighted by Gasteiger charge is 2.40. The molecule has 9 atom stereocenters. The molecule has 72 heavy (non-hydrogen) atoms. The molecule has 28 heteroatoms. The number of nitrogens with one attached hydrogen (secondary N) is 8. The van der Waals surface area contributed by atoms with E-state index in [-0.39, 0.29) is 49.0 Å². The molecule has 1 aromatic rings. The van der Waals surface area contributed by atoms with Crippen LogP contribution in [0.1, 0.15) is 78.2 Å². The lowest BCUT2D eigenvalue weighted by Gasteiger charge is -2.30. The van der Waals surface area contributed by atoms with E-state index in [2.05, 4.69) is 62.5 Å². The van der Waals surface area contributed by atoms with Gasteiger partial charge in [0.05, 0.1) is 19.0 Å². The Balaban J connectivity index is 2.33. The van der Waals surface area contributed by atoms with Crippen LogP contribution in [0.5, 0.6) is 5.75 Å². The number of hydrogen-bond acceptors (Lipinski definition) is 16. The molecule has 17 N–H and O–H groups in total. The van der Waals surface area contributed by atoms with Gasteiger partial charge in [-0.15, -0.1) is 0 Å². The fourth-order valence-corrected chi connectivity index (χ4v) is 7.71. The van der Waals surface area contributed by atoms with E-state index in [9.17, 15) is 62.6 Å². The Labute approximate surface area is 427 Å².